The van der Waals surface area contributed by atoms with Crippen molar-refractivity contribution in [1.29, 1.82) is 0 Å². The first-order valence-electron chi connectivity index (χ1n) is 8.38. The van der Waals surface area contributed by atoms with Crippen LogP contribution >= 0.6 is 46.9 Å². The summed E-state index contributed by atoms with van der Waals surface area (Å²) in [5.41, 5.74) is 1.75. The molecule has 1 unspecified atom stereocenters. The van der Waals surface area contributed by atoms with Gasteiger partial charge in [-0.15, -0.1) is 5.10 Å². The minimum absolute atomic E-state index is 0.0489. The lowest BCUT2D eigenvalue weighted by atomic mass is 10.2. The summed E-state index contributed by atoms with van der Waals surface area (Å²) in [4.78, 5) is 14.7. The van der Waals surface area contributed by atoms with Crippen molar-refractivity contribution < 1.29 is 4.79 Å². The molecular formula is C19H18ClN3OS3. The molecule has 0 saturated heterocycles. The van der Waals surface area contributed by atoms with E-state index in [9.17, 15) is 4.79 Å². The first-order chi connectivity index (χ1) is 13.0. The van der Waals surface area contributed by atoms with Crippen molar-refractivity contribution in [3.05, 3.63) is 63.6 Å². The number of hydrogen-bond acceptors (Lipinski definition) is 5. The van der Waals surface area contributed by atoms with Crippen LogP contribution in [0.4, 0.5) is 5.69 Å². The van der Waals surface area contributed by atoms with E-state index in [0.717, 1.165) is 15.7 Å². The number of aromatic nitrogens is 2. The van der Waals surface area contributed by atoms with Gasteiger partial charge >= 0.3 is 0 Å². The van der Waals surface area contributed by atoms with Gasteiger partial charge in [0.15, 0.2) is 8.29 Å². The maximum Gasteiger partial charge on any atom is 0.240 e. The molecule has 1 atom stereocenters. The van der Waals surface area contributed by atoms with Crippen LogP contribution in [0.5, 0.6) is 0 Å². The molecule has 3 rings (SSSR count). The fourth-order valence-corrected chi connectivity index (χ4v) is 5.24. The number of halogens is 1. The predicted octanol–water partition coefficient (Wildman–Crippen LogP) is 5.85. The van der Waals surface area contributed by atoms with Gasteiger partial charge < -0.3 is 4.90 Å². The van der Waals surface area contributed by atoms with Crippen LogP contribution in [0.1, 0.15) is 13.8 Å². The van der Waals surface area contributed by atoms with Gasteiger partial charge in [-0.1, -0.05) is 52.9 Å². The lowest BCUT2D eigenvalue weighted by molar-refractivity contribution is -0.117. The molecule has 1 heterocycles. The molecule has 0 fully saturated rings. The van der Waals surface area contributed by atoms with Crippen LogP contribution in [-0.4, -0.2) is 27.5 Å². The Morgan fingerprint density at radius 3 is 2.56 bits per heavy atom. The van der Waals surface area contributed by atoms with Gasteiger partial charge in [-0.3, -0.25) is 4.79 Å². The molecule has 27 heavy (non-hydrogen) atoms. The molecule has 0 aliphatic rings. The molecule has 1 aromatic heterocycles. The Bertz CT molecular complexity index is 970. The zero-order valence-electron chi connectivity index (χ0n) is 14.8. The molecule has 3 aromatic rings. The topological polar surface area (TPSA) is 38.1 Å². The summed E-state index contributed by atoms with van der Waals surface area (Å²) in [7, 11) is 0. The van der Waals surface area contributed by atoms with E-state index in [4.69, 9.17) is 23.8 Å². The van der Waals surface area contributed by atoms with Crippen molar-refractivity contribution in [2.45, 2.75) is 23.4 Å². The normalized spacial score (nSPS) is 12.0. The monoisotopic (exact) mass is 435 g/mol. The van der Waals surface area contributed by atoms with Gasteiger partial charge in [0.1, 0.15) is 0 Å². The Labute approximate surface area is 176 Å². The van der Waals surface area contributed by atoms with Crippen LogP contribution in [-0.2, 0) is 4.79 Å². The Balaban J connectivity index is 1.77. The average Bonchev–Trinajstić information content (AvgIpc) is 3.04. The number of amides is 1. The molecule has 0 spiro atoms. The fourth-order valence-electron chi connectivity index (χ4n) is 2.55. The van der Waals surface area contributed by atoms with Crippen LogP contribution in [0.3, 0.4) is 0 Å². The average molecular weight is 436 g/mol. The van der Waals surface area contributed by atoms with Gasteiger partial charge in [0, 0.05) is 17.3 Å². The van der Waals surface area contributed by atoms with E-state index in [2.05, 4.69) is 5.10 Å². The summed E-state index contributed by atoms with van der Waals surface area (Å²) in [6, 6.07) is 17.0. The second kappa shape index (κ2) is 9.01. The number of thioether (sulfide) groups is 1. The van der Waals surface area contributed by atoms with Crippen LogP contribution < -0.4 is 4.90 Å². The van der Waals surface area contributed by atoms with Crippen LogP contribution in [0.15, 0.2) is 58.9 Å². The molecule has 0 bridgehead atoms. The first-order valence-corrected chi connectivity index (χ1v) is 10.9. The largest absolute Gasteiger partial charge is 0.312 e. The number of carbonyl (C=O) groups is 1. The van der Waals surface area contributed by atoms with Crippen molar-refractivity contribution in [2.75, 3.05) is 11.4 Å². The highest BCUT2D eigenvalue weighted by Gasteiger charge is 2.23. The molecule has 8 heteroatoms. The van der Waals surface area contributed by atoms with Crippen molar-refractivity contribution >= 4 is 58.5 Å². The zero-order chi connectivity index (χ0) is 19.4. The third-order valence-electron chi connectivity index (χ3n) is 3.88. The SMILES string of the molecule is CCN(C(=O)C(C)Sc1nn(-c2ccc(Cl)cc2)c(=S)s1)c1ccccc1. The summed E-state index contributed by atoms with van der Waals surface area (Å²) in [6.45, 7) is 4.49. The van der Waals surface area contributed by atoms with Crippen molar-refractivity contribution in [3.8, 4) is 5.69 Å². The molecular weight excluding hydrogens is 418 g/mol. The van der Waals surface area contributed by atoms with Gasteiger partial charge in [-0.05, 0) is 62.5 Å². The molecule has 140 valence electrons. The summed E-state index contributed by atoms with van der Waals surface area (Å²) >= 11 is 14.2. The summed E-state index contributed by atoms with van der Waals surface area (Å²) in [5, 5.41) is 4.96. The van der Waals surface area contributed by atoms with Crippen molar-refractivity contribution in [1.82, 2.24) is 9.78 Å². The van der Waals surface area contributed by atoms with Crippen molar-refractivity contribution in [2.24, 2.45) is 0 Å². The number of hydrogen-bond donors (Lipinski definition) is 0. The lowest BCUT2D eigenvalue weighted by Crippen LogP contribution is -2.36. The smallest absolute Gasteiger partial charge is 0.240 e. The highest BCUT2D eigenvalue weighted by Crippen LogP contribution is 2.29. The van der Waals surface area contributed by atoms with E-state index >= 15 is 0 Å². The Morgan fingerprint density at radius 2 is 1.93 bits per heavy atom. The maximum absolute atomic E-state index is 12.9. The van der Waals surface area contributed by atoms with Crippen LogP contribution in [0, 0.1) is 3.95 Å². The van der Waals surface area contributed by atoms with Crippen LogP contribution in [0.25, 0.3) is 5.69 Å². The molecule has 0 radical (unpaired) electrons. The molecule has 0 N–H and O–H groups in total. The molecule has 1 amide bonds. The Kier molecular flexibility index (Phi) is 6.70. The number of anilines is 1. The van der Waals surface area contributed by atoms with E-state index in [1.807, 2.05) is 56.3 Å². The molecule has 0 aliphatic carbocycles. The van der Waals surface area contributed by atoms with Crippen molar-refractivity contribution in [3.63, 3.8) is 0 Å². The van der Waals surface area contributed by atoms with Gasteiger partial charge in [0.25, 0.3) is 0 Å². The predicted molar refractivity (Wildman–Crippen MR) is 117 cm³/mol. The quantitative estimate of drug-likeness (QED) is 0.359. The minimum atomic E-state index is -0.274. The second-order valence-electron chi connectivity index (χ2n) is 5.70. The first kappa shape index (κ1) is 20.1. The maximum atomic E-state index is 12.9. The van der Waals surface area contributed by atoms with Gasteiger partial charge in [-0.2, -0.15) is 0 Å². The summed E-state index contributed by atoms with van der Waals surface area (Å²) in [6.07, 6.45) is 0. The second-order valence-corrected chi connectivity index (χ2v) is 9.35. The minimum Gasteiger partial charge on any atom is -0.312 e. The lowest BCUT2D eigenvalue weighted by Gasteiger charge is -2.23. The number of rotatable bonds is 6. The number of benzene rings is 2. The Morgan fingerprint density at radius 1 is 1.26 bits per heavy atom. The number of para-hydroxylation sites is 1. The molecule has 0 aliphatic heterocycles. The standard InChI is InChI=1S/C19H18ClN3OS3/c1-3-22(15-7-5-4-6-8-15)17(24)13(2)26-18-21-23(19(25)27-18)16-11-9-14(20)10-12-16/h4-13H,3H2,1-2H3. The molecule has 2 aromatic carbocycles. The van der Waals surface area contributed by atoms with Gasteiger partial charge in [0.2, 0.25) is 5.91 Å². The van der Waals surface area contributed by atoms with Crippen LogP contribution in [0.2, 0.25) is 5.02 Å². The van der Waals surface area contributed by atoms with E-state index in [-0.39, 0.29) is 11.2 Å². The van der Waals surface area contributed by atoms with E-state index in [0.29, 0.717) is 15.5 Å². The highest BCUT2D eigenvalue weighted by atomic mass is 35.5. The van der Waals surface area contributed by atoms with E-state index in [1.165, 1.54) is 23.1 Å². The fraction of sp³-hybridized carbons (Fsp3) is 0.211. The van der Waals surface area contributed by atoms with Gasteiger partial charge in [-0.25, -0.2) is 4.68 Å². The summed E-state index contributed by atoms with van der Waals surface area (Å²) in [5.74, 6) is 0.0489. The molecule has 4 nitrogen and oxygen atoms in total. The van der Waals surface area contributed by atoms with E-state index < -0.39 is 0 Å². The summed E-state index contributed by atoms with van der Waals surface area (Å²) < 4.78 is 3.10. The third kappa shape index (κ3) is 4.79. The highest BCUT2D eigenvalue weighted by molar-refractivity contribution is 8.02. The number of carbonyl (C=O) groups excluding carboxylic acids is 1. The molecule has 0 saturated carbocycles. The van der Waals surface area contributed by atoms with Gasteiger partial charge in [0.05, 0.1) is 10.9 Å². The zero-order valence-corrected chi connectivity index (χ0v) is 18.0. The number of nitrogens with zero attached hydrogens (tertiary/aromatic N) is 3. The third-order valence-corrected chi connectivity index (χ3v) is 6.53. The Hall–Kier alpha value is -1.67. The van der Waals surface area contributed by atoms with E-state index in [1.54, 1.807) is 21.7 Å².